The van der Waals surface area contributed by atoms with Crippen molar-refractivity contribution in [3.05, 3.63) is 76.5 Å². The van der Waals surface area contributed by atoms with Crippen LogP contribution >= 0.6 is 0 Å². The highest BCUT2D eigenvalue weighted by atomic mass is 32.2. The van der Waals surface area contributed by atoms with Gasteiger partial charge in [0.1, 0.15) is 17.0 Å². The summed E-state index contributed by atoms with van der Waals surface area (Å²) in [6.45, 7) is 2.53. The van der Waals surface area contributed by atoms with Crippen LogP contribution in [0.2, 0.25) is 0 Å². The van der Waals surface area contributed by atoms with E-state index in [9.17, 15) is 23.3 Å². The van der Waals surface area contributed by atoms with Crippen LogP contribution in [0.4, 0.5) is 22.7 Å². The molecular formula is C32H36N6O9S. The predicted molar refractivity (Wildman–Crippen MR) is 176 cm³/mol. The molecule has 0 bridgehead atoms. The number of rotatable bonds is 12. The number of aromatic amines is 1. The number of fused-ring (bicyclic) bond motifs is 2. The number of aromatic nitrogens is 2. The van der Waals surface area contributed by atoms with E-state index in [2.05, 4.69) is 20.0 Å². The van der Waals surface area contributed by atoms with Gasteiger partial charge in [-0.1, -0.05) is 12.1 Å². The summed E-state index contributed by atoms with van der Waals surface area (Å²) in [6, 6.07) is 13.8. The van der Waals surface area contributed by atoms with Crippen LogP contribution in [0.5, 0.6) is 5.88 Å². The standard InChI is InChI=1S/C32H36N6O9S/c1-44-15-16-45-23-8-7-22(47-20-23)19-34-26-10-9-24(18-28(26)38(40)41)48(42,43)36-31(39)25-5-2-3-6-27(25)37-13-4-14-46-32-29(37)17-21-11-12-33-30(21)35-32/h2-3,5-6,9-12,17-18,22-23,34H,4,7-8,13-16,19-20H2,1H3,(H,33,35)(H,36,39)/t22-,23+/m1/s1. The highest BCUT2D eigenvalue weighted by molar-refractivity contribution is 7.90. The van der Waals surface area contributed by atoms with E-state index in [0.717, 1.165) is 17.9 Å². The Morgan fingerprint density at radius 1 is 1.15 bits per heavy atom. The Hall–Kier alpha value is -4.77. The van der Waals surface area contributed by atoms with Gasteiger partial charge < -0.3 is 34.1 Å². The Bertz CT molecular complexity index is 1890. The number of nitro groups is 1. The molecule has 15 nitrogen and oxygen atoms in total. The normalized spacial score (nSPS) is 18.1. The summed E-state index contributed by atoms with van der Waals surface area (Å²) in [4.78, 5) is 34.0. The lowest BCUT2D eigenvalue weighted by Crippen LogP contribution is -2.35. The first-order valence-electron chi connectivity index (χ1n) is 15.5. The van der Waals surface area contributed by atoms with Crippen molar-refractivity contribution in [3.63, 3.8) is 0 Å². The summed E-state index contributed by atoms with van der Waals surface area (Å²) in [6.07, 6.45) is 3.59. The van der Waals surface area contributed by atoms with Gasteiger partial charge in [-0.3, -0.25) is 14.9 Å². The molecule has 0 aliphatic carbocycles. The predicted octanol–water partition coefficient (Wildman–Crippen LogP) is 4.13. The van der Waals surface area contributed by atoms with E-state index in [-0.39, 0.29) is 30.0 Å². The Labute approximate surface area is 276 Å². The third-order valence-corrected chi connectivity index (χ3v) is 9.50. The molecule has 0 spiro atoms. The molecule has 16 heteroatoms. The molecule has 4 heterocycles. The molecule has 2 aromatic carbocycles. The number of carbonyl (C=O) groups excluding carboxylic acids is 1. The second-order valence-corrected chi connectivity index (χ2v) is 13.1. The number of nitrogens with one attached hydrogen (secondary N) is 3. The lowest BCUT2D eigenvalue weighted by molar-refractivity contribution is -0.384. The van der Waals surface area contributed by atoms with Crippen LogP contribution in [0.15, 0.2) is 65.7 Å². The molecule has 1 fully saturated rings. The number of sulfonamides is 1. The smallest absolute Gasteiger partial charge is 0.293 e. The zero-order valence-corrected chi connectivity index (χ0v) is 27.0. The van der Waals surface area contributed by atoms with Crippen molar-refractivity contribution in [2.24, 2.45) is 0 Å². The van der Waals surface area contributed by atoms with E-state index in [0.29, 0.717) is 68.7 Å². The summed E-state index contributed by atoms with van der Waals surface area (Å²) >= 11 is 0. The summed E-state index contributed by atoms with van der Waals surface area (Å²) < 4.78 is 51.4. The fraction of sp³-hybridized carbons (Fsp3) is 0.375. The van der Waals surface area contributed by atoms with Crippen molar-refractivity contribution < 1.29 is 37.1 Å². The summed E-state index contributed by atoms with van der Waals surface area (Å²) in [5.74, 6) is -0.505. The second kappa shape index (κ2) is 14.6. The summed E-state index contributed by atoms with van der Waals surface area (Å²) in [5.41, 5.74) is 1.52. The summed E-state index contributed by atoms with van der Waals surface area (Å²) in [5, 5.41) is 15.8. The maximum atomic E-state index is 13.6. The van der Waals surface area contributed by atoms with Gasteiger partial charge in [-0.2, -0.15) is 4.98 Å². The molecule has 0 unspecified atom stereocenters. The van der Waals surface area contributed by atoms with Crippen LogP contribution in [0, 0.1) is 10.1 Å². The van der Waals surface area contributed by atoms with Gasteiger partial charge >= 0.3 is 0 Å². The number of ether oxygens (including phenoxy) is 4. The van der Waals surface area contributed by atoms with Crippen LogP contribution in [-0.2, 0) is 24.2 Å². The Morgan fingerprint density at radius 2 is 2.00 bits per heavy atom. The molecule has 4 aromatic rings. The number of hydrogen-bond acceptors (Lipinski definition) is 12. The Morgan fingerprint density at radius 3 is 2.79 bits per heavy atom. The number of benzene rings is 2. The van der Waals surface area contributed by atoms with Crippen LogP contribution in [0.3, 0.4) is 0 Å². The lowest BCUT2D eigenvalue weighted by Gasteiger charge is -2.29. The minimum absolute atomic E-state index is 0.0424. The average molecular weight is 681 g/mol. The van der Waals surface area contributed by atoms with Crippen molar-refractivity contribution in [2.75, 3.05) is 56.8 Å². The number of anilines is 3. The number of methoxy groups -OCH3 is 1. The van der Waals surface area contributed by atoms with Crippen molar-refractivity contribution in [1.29, 1.82) is 0 Å². The molecule has 0 radical (unpaired) electrons. The first kappa shape index (κ1) is 33.1. The van der Waals surface area contributed by atoms with E-state index in [1.165, 1.54) is 18.2 Å². The Kier molecular flexibility index (Phi) is 10.0. The minimum Gasteiger partial charge on any atom is -0.476 e. The van der Waals surface area contributed by atoms with E-state index < -0.39 is 31.4 Å². The number of H-pyrrole nitrogens is 1. The molecule has 1 amide bonds. The van der Waals surface area contributed by atoms with E-state index in [1.807, 2.05) is 17.0 Å². The molecule has 48 heavy (non-hydrogen) atoms. The van der Waals surface area contributed by atoms with Crippen molar-refractivity contribution in [2.45, 2.75) is 36.4 Å². The van der Waals surface area contributed by atoms with Gasteiger partial charge in [0.2, 0.25) is 5.88 Å². The van der Waals surface area contributed by atoms with E-state index in [4.69, 9.17) is 18.9 Å². The number of amides is 1. The zero-order chi connectivity index (χ0) is 33.7. The number of hydrogen-bond donors (Lipinski definition) is 3. The molecule has 2 aromatic heterocycles. The number of nitrogens with zero attached hydrogens (tertiary/aromatic N) is 3. The van der Waals surface area contributed by atoms with Gasteiger partial charge in [0.15, 0.2) is 0 Å². The maximum absolute atomic E-state index is 13.6. The van der Waals surface area contributed by atoms with Crippen LogP contribution in [-0.4, -0.2) is 88.1 Å². The first-order chi connectivity index (χ1) is 23.2. The molecular weight excluding hydrogens is 644 g/mol. The largest absolute Gasteiger partial charge is 0.476 e. The molecule has 2 aliphatic heterocycles. The number of pyridine rings is 1. The number of para-hydroxylation sites is 1. The van der Waals surface area contributed by atoms with Gasteiger partial charge in [-0.15, -0.1) is 0 Å². The second-order valence-electron chi connectivity index (χ2n) is 11.4. The van der Waals surface area contributed by atoms with E-state index in [1.54, 1.807) is 31.5 Å². The molecule has 3 N–H and O–H groups in total. The summed E-state index contributed by atoms with van der Waals surface area (Å²) in [7, 11) is -2.90. The van der Waals surface area contributed by atoms with E-state index >= 15 is 0 Å². The number of carbonyl (C=O) groups is 1. The molecule has 254 valence electrons. The van der Waals surface area contributed by atoms with Crippen LogP contribution in [0.25, 0.3) is 11.0 Å². The van der Waals surface area contributed by atoms with Gasteiger partial charge in [0.25, 0.3) is 21.6 Å². The molecule has 1 saturated heterocycles. The minimum atomic E-state index is -4.51. The zero-order valence-electron chi connectivity index (χ0n) is 26.2. The fourth-order valence-corrected chi connectivity index (χ4v) is 6.71. The lowest BCUT2D eigenvalue weighted by atomic mass is 10.1. The fourth-order valence-electron chi connectivity index (χ4n) is 5.73. The van der Waals surface area contributed by atoms with Crippen LogP contribution < -0.4 is 19.7 Å². The Balaban J connectivity index is 1.17. The highest BCUT2D eigenvalue weighted by Crippen LogP contribution is 2.38. The SMILES string of the molecule is COCCO[C@H]1CC[C@H](CNc2ccc(S(=O)(=O)NC(=O)c3ccccc3N3CCCOc4nc5[nH]ccc5cc43)cc2[N+](=O)[O-])OC1. The molecule has 2 aliphatic rings. The first-order valence-corrected chi connectivity index (χ1v) is 17.0. The van der Waals surface area contributed by atoms with Gasteiger partial charge in [0.05, 0.1) is 59.7 Å². The molecule has 0 saturated carbocycles. The third-order valence-electron chi connectivity index (χ3n) is 8.17. The average Bonchev–Trinajstić information content (AvgIpc) is 3.45. The van der Waals surface area contributed by atoms with Crippen molar-refractivity contribution in [3.8, 4) is 5.88 Å². The molecule has 6 rings (SSSR count). The van der Waals surface area contributed by atoms with Crippen molar-refractivity contribution >= 4 is 49.7 Å². The van der Waals surface area contributed by atoms with Gasteiger partial charge in [-0.25, -0.2) is 13.1 Å². The van der Waals surface area contributed by atoms with Crippen LogP contribution in [0.1, 0.15) is 29.6 Å². The monoisotopic (exact) mass is 680 g/mol. The quantitative estimate of drug-likeness (QED) is 0.110. The van der Waals surface area contributed by atoms with Gasteiger partial charge in [0, 0.05) is 37.8 Å². The van der Waals surface area contributed by atoms with Crippen molar-refractivity contribution in [1.82, 2.24) is 14.7 Å². The third kappa shape index (κ3) is 7.36. The van der Waals surface area contributed by atoms with Gasteiger partial charge in [-0.05, 0) is 55.7 Å². The molecule has 2 atom stereocenters. The topological polar surface area (TPSA) is 187 Å². The maximum Gasteiger partial charge on any atom is 0.293 e. The highest BCUT2D eigenvalue weighted by Gasteiger charge is 2.29. The number of nitro benzene ring substituents is 1.